The molecule has 0 radical (unpaired) electrons. The van der Waals surface area contributed by atoms with Crippen molar-refractivity contribution in [1.29, 1.82) is 0 Å². The van der Waals surface area contributed by atoms with Crippen molar-refractivity contribution in [3.63, 3.8) is 0 Å². The first-order valence-corrected chi connectivity index (χ1v) is 22.4. The maximum absolute atomic E-state index is 15.2. The Hall–Kier alpha value is -4.39. The van der Waals surface area contributed by atoms with Crippen LogP contribution >= 0.6 is 7.14 Å². The summed E-state index contributed by atoms with van der Waals surface area (Å²) in [6, 6.07) is 45.4. The van der Waals surface area contributed by atoms with Crippen LogP contribution < -0.4 is 32.3 Å². The van der Waals surface area contributed by atoms with E-state index in [1.54, 1.807) is 5.56 Å². The molecule has 55 heavy (non-hydrogen) atoms. The molecule has 0 amide bonds. The Balaban J connectivity index is 1.01. The molecule has 0 spiro atoms. The van der Waals surface area contributed by atoms with E-state index in [9.17, 15) is 0 Å². The Kier molecular flexibility index (Phi) is 8.01. The van der Waals surface area contributed by atoms with Crippen molar-refractivity contribution in [3.8, 4) is 11.1 Å². The highest BCUT2D eigenvalue weighted by molar-refractivity contribution is 7.86. The van der Waals surface area contributed by atoms with Gasteiger partial charge in [0.2, 0.25) is 6.71 Å². The van der Waals surface area contributed by atoms with Crippen LogP contribution in [0.4, 0.5) is 0 Å². The maximum atomic E-state index is 15.2. The summed E-state index contributed by atoms with van der Waals surface area (Å²) in [5.74, 6) is 1.52. The Bertz CT molecular complexity index is 2390. The molecular weight excluding hydrogens is 682 g/mol. The van der Waals surface area contributed by atoms with Crippen LogP contribution in [0.25, 0.3) is 11.1 Å². The number of rotatable bonds is 6. The summed E-state index contributed by atoms with van der Waals surface area (Å²) < 4.78 is 15.2. The molecule has 0 N–H and O–H groups in total. The molecule has 3 heteroatoms. The van der Waals surface area contributed by atoms with Gasteiger partial charge in [-0.2, -0.15) is 0 Å². The molecule has 274 valence electrons. The van der Waals surface area contributed by atoms with E-state index < -0.39 is 7.14 Å². The van der Waals surface area contributed by atoms with Gasteiger partial charge < -0.3 is 4.57 Å². The number of hydrogen-bond acceptors (Lipinski definition) is 1. The van der Waals surface area contributed by atoms with Gasteiger partial charge in [-0.15, -0.1) is 0 Å². The Morgan fingerprint density at radius 3 is 1.36 bits per heavy atom. The topological polar surface area (TPSA) is 17.1 Å². The lowest BCUT2D eigenvalue weighted by Gasteiger charge is -2.63. The van der Waals surface area contributed by atoms with E-state index in [1.807, 2.05) is 12.1 Å². The van der Waals surface area contributed by atoms with Gasteiger partial charge in [0.15, 0.2) is 7.14 Å². The highest BCUT2D eigenvalue weighted by atomic mass is 31.2. The number of fused-ring (bicyclic) bond motifs is 3. The van der Waals surface area contributed by atoms with Crippen molar-refractivity contribution in [2.75, 3.05) is 0 Å². The van der Waals surface area contributed by atoms with Gasteiger partial charge in [0.1, 0.15) is 0 Å². The minimum Gasteiger partial charge on any atom is -0.309 e. The first kappa shape index (κ1) is 35.1. The highest BCUT2D eigenvalue weighted by Crippen LogP contribution is 2.66. The third kappa shape index (κ3) is 5.31. The number of benzene rings is 6. The molecule has 0 saturated heterocycles. The van der Waals surface area contributed by atoms with Crippen LogP contribution in [-0.4, -0.2) is 6.71 Å². The zero-order valence-corrected chi connectivity index (χ0v) is 34.3. The first-order valence-electron chi connectivity index (χ1n) is 20.6. The van der Waals surface area contributed by atoms with Gasteiger partial charge in [-0.25, -0.2) is 0 Å². The average molecular weight is 735 g/mol. The molecule has 5 aliphatic rings. The minimum atomic E-state index is -2.93. The van der Waals surface area contributed by atoms with E-state index in [2.05, 4.69) is 151 Å². The predicted octanol–water partition coefficient (Wildman–Crippen LogP) is 9.46. The van der Waals surface area contributed by atoms with Crippen molar-refractivity contribution in [3.05, 3.63) is 166 Å². The molecule has 6 aromatic rings. The fraction of sp³-hybridized carbons (Fsp3) is 0.308. The normalized spacial score (nSPS) is 24.1. The molecule has 4 bridgehead atoms. The Labute approximate surface area is 329 Å². The number of aryl methyl sites for hydroxylation is 6. The van der Waals surface area contributed by atoms with Crippen LogP contribution in [0.15, 0.2) is 121 Å². The summed E-state index contributed by atoms with van der Waals surface area (Å²) in [4.78, 5) is 0. The summed E-state index contributed by atoms with van der Waals surface area (Å²) in [5.41, 5.74) is 18.1. The lowest BCUT2D eigenvalue weighted by molar-refractivity contribution is -0.0281. The quantitative estimate of drug-likeness (QED) is 0.123. The summed E-state index contributed by atoms with van der Waals surface area (Å²) in [5, 5.41) is 2.95. The molecule has 2 atom stereocenters. The fourth-order valence-electron chi connectivity index (χ4n) is 13.1. The van der Waals surface area contributed by atoms with Gasteiger partial charge in [0, 0.05) is 15.9 Å². The minimum absolute atomic E-state index is 0.177. The van der Waals surface area contributed by atoms with Crippen LogP contribution in [0.1, 0.15) is 83.0 Å². The predicted molar refractivity (Wildman–Crippen MR) is 235 cm³/mol. The Morgan fingerprint density at radius 1 is 0.527 bits per heavy atom. The van der Waals surface area contributed by atoms with E-state index in [1.165, 1.54) is 93.9 Å². The van der Waals surface area contributed by atoms with Crippen LogP contribution in [0.3, 0.4) is 0 Å². The molecule has 0 aromatic heterocycles. The van der Waals surface area contributed by atoms with Gasteiger partial charge in [0.05, 0.1) is 0 Å². The summed E-state index contributed by atoms with van der Waals surface area (Å²) in [6.07, 6.45) is 7.77. The molecule has 1 aliphatic heterocycles. The van der Waals surface area contributed by atoms with E-state index in [-0.39, 0.29) is 17.5 Å². The second kappa shape index (κ2) is 12.6. The second-order valence-electron chi connectivity index (χ2n) is 18.4. The molecule has 4 saturated carbocycles. The maximum Gasteiger partial charge on any atom is 0.242 e. The fourth-order valence-corrected chi connectivity index (χ4v) is 16.2. The standard InChI is InChI=1S/C52H52BOP/c1-33-23-35(3)49(36(4)24-33)53(50-37(5)25-34(2)26-38(50)6)43-19-15-41(16-20-43)51-28-39-27-40(29-51)31-52(30-39,32-51)42-17-21-44(22-18-42)55(54)47-13-9-7-11-45(47)46-12-8-10-14-48(46)55/h7-26,39-40H,27-32H2,1-6H3. The van der Waals surface area contributed by atoms with Crippen molar-refractivity contribution >= 4 is 46.2 Å². The van der Waals surface area contributed by atoms with Crippen molar-refractivity contribution in [2.24, 2.45) is 11.8 Å². The largest absolute Gasteiger partial charge is 0.309 e. The lowest BCUT2D eigenvalue weighted by atomic mass is 9.34. The third-order valence-corrected chi connectivity index (χ3v) is 17.8. The first-order chi connectivity index (χ1) is 26.5. The molecule has 6 aromatic carbocycles. The SMILES string of the molecule is Cc1cc(C)c(B(c2ccc(C34CC5CC(C3)CC(c3ccc(P6(=O)c7ccccc7-c7ccccc76)cc3)(C5)C4)cc2)c2c(C)cc(C)cc2C)c(C)c1. The summed E-state index contributed by atoms with van der Waals surface area (Å²) in [7, 11) is -2.93. The summed E-state index contributed by atoms with van der Waals surface area (Å²) >= 11 is 0. The highest BCUT2D eigenvalue weighted by Gasteiger charge is 2.58. The van der Waals surface area contributed by atoms with Gasteiger partial charge in [-0.05, 0) is 125 Å². The molecule has 1 nitrogen and oxygen atoms in total. The average Bonchev–Trinajstić information content (AvgIpc) is 3.42. The van der Waals surface area contributed by atoms with Crippen LogP contribution in [-0.2, 0) is 15.4 Å². The van der Waals surface area contributed by atoms with Crippen molar-refractivity contribution in [1.82, 2.24) is 0 Å². The zero-order valence-electron chi connectivity index (χ0n) is 33.4. The molecule has 1 heterocycles. The molecular formula is C52H52BOP. The zero-order chi connectivity index (χ0) is 37.9. The van der Waals surface area contributed by atoms with Crippen LogP contribution in [0, 0.1) is 53.4 Å². The van der Waals surface area contributed by atoms with Gasteiger partial charge >= 0.3 is 0 Å². The van der Waals surface area contributed by atoms with Gasteiger partial charge in [-0.1, -0.05) is 171 Å². The van der Waals surface area contributed by atoms with E-state index in [4.69, 9.17) is 0 Å². The molecule has 4 aliphatic carbocycles. The van der Waals surface area contributed by atoms with Crippen LogP contribution in [0.5, 0.6) is 0 Å². The molecule has 2 unspecified atom stereocenters. The third-order valence-electron chi connectivity index (χ3n) is 14.6. The Morgan fingerprint density at radius 2 is 0.927 bits per heavy atom. The molecule has 11 rings (SSSR count). The second-order valence-corrected chi connectivity index (χ2v) is 21.1. The number of hydrogen-bond donors (Lipinski definition) is 0. The monoisotopic (exact) mass is 734 g/mol. The van der Waals surface area contributed by atoms with Crippen molar-refractivity contribution < 1.29 is 4.57 Å². The lowest BCUT2D eigenvalue weighted by Crippen LogP contribution is -2.57. The molecule has 4 fully saturated rings. The van der Waals surface area contributed by atoms with Gasteiger partial charge in [-0.3, -0.25) is 0 Å². The van der Waals surface area contributed by atoms with E-state index in [0.717, 1.165) is 38.9 Å². The smallest absolute Gasteiger partial charge is 0.242 e. The van der Waals surface area contributed by atoms with Crippen LogP contribution in [0.2, 0.25) is 0 Å². The summed E-state index contributed by atoms with van der Waals surface area (Å²) in [6.45, 7) is 13.9. The van der Waals surface area contributed by atoms with E-state index >= 15 is 4.57 Å². The van der Waals surface area contributed by atoms with Crippen molar-refractivity contribution in [2.45, 2.75) is 90.9 Å². The van der Waals surface area contributed by atoms with Gasteiger partial charge in [0.25, 0.3) is 0 Å². The van der Waals surface area contributed by atoms with E-state index in [0.29, 0.717) is 0 Å².